The molecule has 6 rings (SSSR count). The average Bonchev–Trinajstić information content (AvgIpc) is 2.99. The minimum Gasteiger partial charge on any atom is -0.488 e. The zero-order valence-corrected chi connectivity index (χ0v) is 24.6. The number of nitrogens with one attached hydrogen (secondary N) is 3. The number of hydrogen-bond acceptors (Lipinski definition) is 11. The van der Waals surface area contributed by atoms with Gasteiger partial charge < -0.3 is 30.5 Å². The van der Waals surface area contributed by atoms with Crippen LogP contribution in [0.25, 0.3) is 0 Å². The molecule has 0 saturated carbocycles. The van der Waals surface area contributed by atoms with Gasteiger partial charge in [-0.25, -0.2) is 14.4 Å². The van der Waals surface area contributed by atoms with Crippen LogP contribution < -0.4 is 25.6 Å². The van der Waals surface area contributed by atoms with E-state index in [2.05, 4.69) is 59.9 Å². The molecular weight excluding hydrogens is 575 g/mol. The van der Waals surface area contributed by atoms with Crippen molar-refractivity contribution in [2.45, 2.75) is 11.8 Å². The van der Waals surface area contributed by atoms with Gasteiger partial charge in [-0.1, -0.05) is 23.8 Å². The number of piperazine rings is 1. The quantitative estimate of drug-likeness (QED) is 0.232. The van der Waals surface area contributed by atoms with E-state index >= 15 is 0 Å². The highest BCUT2D eigenvalue weighted by molar-refractivity contribution is 7.85. The fourth-order valence-electron chi connectivity index (χ4n) is 4.41. The second-order valence-corrected chi connectivity index (χ2v) is 11.5. The Morgan fingerprint density at radius 3 is 2.51 bits per heavy atom. The summed E-state index contributed by atoms with van der Waals surface area (Å²) in [6.45, 7) is 7.13. The van der Waals surface area contributed by atoms with Crippen molar-refractivity contribution in [3.05, 3.63) is 78.2 Å². The number of rotatable bonds is 6. The number of halogens is 1. The standard InChI is InChI=1S/C22H25FN8O.C7H8O3S/c1-30-8-10-31(11-9-30)16-4-2-3-15(13-16)26-22-25-14-17(23)20(29-22)27-19-6-5-18-21(28-19)24-7-12-32-18;1-6-2-4-7(5-3-6)11(8,9)10/h2-6,13-14H,7-12H2,1H3,(H3,24,25,26,27,28,29);2-5H,1H3,(H,8,9,10). The largest absolute Gasteiger partial charge is 0.488 e. The third kappa shape index (κ3) is 8.06. The molecule has 0 spiro atoms. The molecule has 4 heterocycles. The summed E-state index contributed by atoms with van der Waals surface area (Å²) in [5.41, 5.74) is 2.93. The number of nitrogens with zero attached hydrogens (tertiary/aromatic N) is 5. The first-order chi connectivity index (χ1) is 20.6. The second-order valence-electron chi connectivity index (χ2n) is 10.1. The minimum atomic E-state index is -4.02. The van der Waals surface area contributed by atoms with E-state index in [0.717, 1.165) is 49.3 Å². The van der Waals surface area contributed by atoms with Crippen molar-refractivity contribution >= 4 is 44.9 Å². The molecule has 226 valence electrons. The maximum absolute atomic E-state index is 14.4. The normalized spacial score (nSPS) is 14.8. The molecule has 0 atom stereocenters. The Morgan fingerprint density at radius 2 is 1.77 bits per heavy atom. The summed E-state index contributed by atoms with van der Waals surface area (Å²) in [6.07, 6.45) is 1.14. The zero-order chi connectivity index (χ0) is 30.4. The van der Waals surface area contributed by atoms with Crippen molar-refractivity contribution in [3.63, 3.8) is 0 Å². The van der Waals surface area contributed by atoms with E-state index < -0.39 is 15.9 Å². The van der Waals surface area contributed by atoms with Crippen LogP contribution in [0, 0.1) is 12.7 Å². The van der Waals surface area contributed by atoms with Gasteiger partial charge in [0, 0.05) is 37.6 Å². The molecule has 0 radical (unpaired) electrons. The highest BCUT2D eigenvalue weighted by atomic mass is 32.2. The van der Waals surface area contributed by atoms with Gasteiger partial charge in [-0.05, 0) is 56.4 Å². The summed E-state index contributed by atoms with van der Waals surface area (Å²) in [6, 6.07) is 17.6. The lowest BCUT2D eigenvalue weighted by Gasteiger charge is -2.34. The number of ether oxygens (including phenoxy) is 1. The Bertz CT molecular complexity index is 1670. The summed E-state index contributed by atoms with van der Waals surface area (Å²) in [5.74, 6) is 1.53. The molecule has 43 heavy (non-hydrogen) atoms. The van der Waals surface area contributed by atoms with E-state index in [4.69, 9.17) is 9.29 Å². The second kappa shape index (κ2) is 13.2. The Kier molecular flexibility index (Phi) is 9.19. The van der Waals surface area contributed by atoms with Gasteiger partial charge in [-0.15, -0.1) is 0 Å². The molecule has 2 aromatic heterocycles. The summed E-state index contributed by atoms with van der Waals surface area (Å²) in [5, 5.41) is 9.27. The highest BCUT2D eigenvalue weighted by Gasteiger charge is 2.16. The maximum atomic E-state index is 14.4. The molecule has 12 nitrogen and oxygen atoms in total. The number of anilines is 6. The van der Waals surface area contributed by atoms with Crippen LogP contribution in [-0.2, 0) is 10.1 Å². The van der Waals surface area contributed by atoms with E-state index in [-0.39, 0.29) is 10.7 Å². The number of aromatic nitrogens is 3. The van der Waals surface area contributed by atoms with E-state index in [1.807, 2.05) is 19.1 Å². The van der Waals surface area contributed by atoms with Crippen LogP contribution in [0.2, 0.25) is 0 Å². The molecular formula is C29H33FN8O4S. The molecule has 1 saturated heterocycles. The average molecular weight is 609 g/mol. The van der Waals surface area contributed by atoms with Gasteiger partial charge in [0.1, 0.15) is 12.4 Å². The molecule has 14 heteroatoms. The van der Waals surface area contributed by atoms with Crippen molar-refractivity contribution in [3.8, 4) is 5.75 Å². The highest BCUT2D eigenvalue weighted by Crippen LogP contribution is 2.28. The zero-order valence-electron chi connectivity index (χ0n) is 23.8. The van der Waals surface area contributed by atoms with Crippen LogP contribution in [0.5, 0.6) is 5.75 Å². The smallest absolute Gasteiger partial charge is 0.294 e. The number of fused-ring (bicyclic) bond motifs is 1. The number of benzene rings is 2. The fourth-order valence-corrected chi connectivity index (χ4v) is 4.89. The third-order valence-electron chi connectivity index (χ3n) is 6.79. The Morgan fingerprint density at radius 1 is 1.00 bits per heavy atom. The SMILES string of the molecule is CN1CCN(c2cccc(Nc3ncc(F)c(Nc4ccc5c(n4)NCCO5)n3)c2)CC1.Cc1ccc(S(=O)(=O)O)cc1. The van der Waals surface area contributed by atoms with Crippen molar-refractivity contribution < 1.29 is 22.1 Å². The van der Waals surface area contributed by atoms with Gasteiger partial charge in [-0.2, -0.15) is 13.4 Å². The third-order valence-corrected chi connectivity index (χ3v) is 7.66. The van der Waals surface area contributed by atoms with Crippen LogP contribution in [0.3, 0.4) is 0 Å². The van der Waals surface area contributed by atoms with Crippen LogP contribution in [0.4, 0.5) is 39.2 Å². The predicted molar refractivity (Wildman–Crippen MR) is 164 cm³/mol. The van der Waals surface area contributed by atoms with Gasteiger partial charge in [0.25, 0.3) is 10.1 Å². The molecule has 2 aliphatic heterocycles. The maximum Gasteiger partial charge on any atom is 0.294 e. The molecule has 2 aromatic carbocycles. The van der Waals surface area contributed by atoms with Gasteiger partial charge in [0.15, 0.2) is 23.2 Å². The van der Waals surface area contributed by atoms with Crippen LogP contribution in [0.1, 0.15) is 5.56 Å². The molecule has 0 amide bonds. The summed E-state index contributed by atoms with van der Waals surface area (Å²) >= 11 is 0. The molecule has 1 fully saturated rings. The summed E-state index contributed by atoms with van der Waals surface area (Å²) in [7, 11) is -1.88. The first-order valence-corrected chi connectivity index (χ1v) is 15.1. The number of aryl methyl sites for hydroxylation is 1. The van der Waals surface area contributed by atoms with Crippen molar-refractivity contribution in [2.24, 2.45) is 0 Å². The lowest BCUT2D eigenvalue weighted by Crippen LogP contribution is -2.44. The summed E-state index contributed by atoms with van der Waals surface area (Å²) < 4.78 is 49.5. The van der Waals surface area contributed by atoms with Gasteiger partial charge in [0.2, 0.25) is 5.95 Å². The predicted octanol–water partition coefficient (Wildman–Crippen LogP) is 4.30. The first kappa shape index (κ1) is 29.9. The van der Waals surface area contributed by atoms with Crippen LogP contribution in [-0.4, -0.2) is 79.2 Å². The summed E-state index contributed by atoms with van der Waals surface area (Å²) in [4.78, 5) is 17.4. The molecule has 4 N–H and O–H groups in total. The molecule has 0 unspecified atom stereocenters. The van der Waals surface area contributed by atoms with E-state index in [1.54, 1.807) is 24.3 Å². The topological polar surface area (TPSA) is 145 Å². The Balaban J connectivity index is 0.000000283. The molecule has 0 aliphatic carbocycles. The fraction of sp³-hybridized carbons (Fsp3) is 0.276. The van der Waals surface area contributed by atoms with Crippen LogP contribution in [0.15, 0.2) is 71.8 Å². The van der Waals surface area contributed by atoms with Gasteiger partial charge >= 0.3 is 0 Å². The van der Waals surface area contributed by atoms with Crippen molar-refractivity contribution in [2.75, 3.05) is 67.2 Å². The van der Waals surface area contributed by atoms with E-state index in [1.165, 1.54) is 12.1 Å². The number of hydrogen-bond donors (Lipinski definition) is 4. The first-order valence-electron chi connectivity index (χ1n) is 13.7. The Labute approximate surface area is 249 Å². The van der Waals surface area contributed by atoms with Gasteiger partial charge in [0.05, 0.1) is 17.6 Å². The lowest BCUT2D eigenvalue weighted by molar-refractivity contribution is 0.313. The van der Waals surface area contributed by atoms with Crippen LogP contribution >= 0.6 is 0 Å². The van der Waals surface area contributed by atoms with Crippen molar-refractivity contribution in [1.82, 2.24) is 19.9 Å². The van der Waals surface area contributed by atoms with Crippen molar-refractivity contribution in [1.29, 1.82) is 0 Å². The lowest BCUT2D eigenvalue weighted by atomic mass is 10.2. The van der Waals surface area contributed by atoms with E-state index in [0.29, 0.717) is 36.5 Å². The van der Waals surface area contributed by atoms with Gasteiger partial charge in [-0.3, -0.25) is 4.55 Å². The van der Waals surface area contributed by atoms with E-state index in [9.17, 15) is 12.8 Å². The molecule has 0 bridgehead atoms. The minimum absolute atomic E-state index is 0.0434. The number of likely N-dealkylation sites (N-methyl/N-ethyl adjacent to an activating group) is 1. The Hall–Kier alpha value is -4.53. The monoisotopic (exact) mass is 608 g/mol. The molecule has 2 aliphatic rings. The number of pyridine rings is 1. The molecule has 4 aromatic rings.